The Balaban J connectivity index is 2.42. The first-order valence-electron chi connectivity index (χ1n) is 6.14. The van der Waals surface area contributed by atoms with E-state index < -0.39 is 4.92 Å². The van der Waals surface area contributed by atoms with Crippen LogP contribution < -0.4 is 5.32 Å². The average Bonchev–Trinajstić information content (AvgIpc) is 2.42. The Kier molecular flexibility index (Phi) is 4.24. The van der Waals surface area contributed by atoms with E-state index in [1.165, 1.54) is 12.1 Å². The van der Waals surface area contributed by atoms with E-state index in [0.717, 1.165) is 21.3 Å². The highest BCUT2D eigenvalue weighted by Gasteiger charge is 2.14. The summed E-state index contributed by atoms with van der Waals surface area (Å²) in [6, 6.07) is 10.2. The molecule has 0 saturated heterocycles. The van der Waals surface area contributed by atoms with Crippen LogP contribution in [0.3, 0.4) is 0 Å². The fourth-order valence-electron chi connectivity index (χ4n) is 2.11. The molecule has 0 spiro atoms. The van der Waals surface area contributed by atoms with Crippen molar-refractivity contribution in [1.82, 2.24) is 0 Å². The molecular weight excluding hydrogens is 334 g/mol. The standard InChI is InChI=1S/C15H12BrN3O2/c1-9-5-12(16)6-10(2)15(9)18-13-3-4-14(19(20)21)11(7-13)8-17/h3-7,18H,1-2H3. The van der Waals surface area contributed by atoms with Gasteiger partial charge < -0.3 is 5.32 Å². The maximum atomic E-state index is 10.8. The summed E-state index contributed by atoms with van der Waals surface area (Å²) < 4.78 is 0.990. The van der Waals surface area contributed by atoms with Crippen molar-refractivity contribution in [3.05, 3.63) is 61.6 Å². The molecule has 0 aromatic heterocycles. The molecule has 0 radical (unpaired) electrons. The van der Waals surface area contributed by atoms with Gasteiger partial charge in [0, 0.05) is 21.9 Å². The van der Waals surface area contributed by atoms with Crippen molar-refractivity contribution in [2.75, 3.05) is 5.32 Å². The Morgan fingerprint density at radius 2 is 1.86 bits per heavy atom. The monoisotopic (exact) mass is 345 g/mol. The molecular formula is C15H12BrN3O2. The lowest BCUT2D eigenvalue weighted by atomic mass is 10.1. The van der Waals surface area contributed by atoms with Crippen LogP contribution in [0.15, 0.2) is 34.8 Å². The molecule has 0 unspecified atom stereocenters. The number of nitro benzene ring substituents is 1. The fourth-order valence-corrected chi connectivity index (χ4v) is 2.80. The number of nitrogens with one attached hydrogen (secondary N) is 1. The van der Waals surface area contributed by atoms with E-state index in [2.05, 4.69) is 21.2 Å². The first-order valence-corrected chi connectivity index (χ1v) is 6.94. The van der Waals surface area contributed by atoms with Crippen LogP contribution in [-0.2, 0) is 0 Å². The SMILES string of the molecule is Cc1cc(Br)cc(C)c1Nc1ccc([N+](=O)[O-])c(C#N)c1. The van der Waals surface area contributed by atoms with Crippen molar-refractivity contribution in [2.45, 2.75) is 13.8 Å². The van der Waals surface area contributed by atoms with Crippen LogP contribution in [0, 0.1) is 35.3 Å². The van der Waals surface area contributed by atoms with E-state index in [9.17, 15) is 10.1 Å². The molecule has 0 aliphatic rings. The second kappa shape index (κ2) is 5.94. The highest BCUT2D eigenvalue weighted by Crippen LogP contribution is 2.30. The van der Waals surface area contributed by atoms with Crippen molar-refractivity contribution in [3.8, 4) is 6.07 Å². The minimum Gasteiger partial charge on any atom is -0.355 e. The fraction of sp³-hybridized carbons (Fsp3) is 0.133. The molecule has 0 heterocycles. The van der Waals surface area contributed by atoms with Gasteiger partial charge in [0.2, 0.25) is 0 Å². The number of aryl methyl sites for hydroxylation is 2. The number of hydrogen-bond acceptors (Lipinski definition) is 4. The van der Waals surface area contributed by atoms with Crippen LogP contribution in [0.25, 0.3) is 0 Å². The molecule has 1 N–H and O–H groups in total. The van der Waals surface area contributed by atoms with Crippen molar-refractivity contribution in [2.24, 2.45) is 0 Å². The highest BCUT2D eigenvalue weighted by atomic mass is 79.9. The largest absolute Gasteiger partial charge is 0.355 e. The first kappa shape index (κ1) is 15.0. The molecule has 0 atom stereocenters. The van der Waals surface area contributed by atoms with Gasteiger partial charge >= 0.3 is 0 Å². The molecule has 0 amide bonds. The van der Waals surface area contributed by atoms with Crippen molar-refractivity contribution in [3.63, 3.8) is 0 Å². The molecule has 0 fully saturated rings. The number of nitrogens with zero attached hydrogens (tertiary/aromatic N) is 2. The summed E-state index contributed by atoms with van der Waals surface area (Å²) in [4.78, 5) is 10.3. The van der Waals surface area contributed by atoms with E-state index in [0.29, 0.717) is 5.69 Å². The molecule has 5 nitrogen and oxygen atoms in total. The Morgan fingerprint density at radius 3 is 2.38 bits per heavy atom. The number of benzene rings is 2. The Labute approximate surface area is 130 Å². The molecule has 21 heavy (non-hydrogen) atoms. The van der Waals surface area contributed by atoms with Gasteiger partial charge in [-0.15, -0.1) is 0 Å². The molecule has 2 aromatic rings. The van der Waals surface area contributed by atoms with Crippen LogP contribution in [0.5, 0.6) is 0 Å². The summed E-state index contributed by atoms with van der Waals surface area (Å²) >= 11 is 3.44. The Hall–Kier alpha value is -2.39. The minimum absolute atomic E-state index is 0.0393. The Bertz CT molecular complexity index is 743. The summed E-state index contributed by atoms with van der Waals surface area (Å²) in [7, 11) is 0. The maximum Gasteiger partial charge on any atom is 0.287 e. The summed E-state index contributed by atoms with van der Waals surface area (Å²) in [5.74, 6) is 0. The van der Waals surface area contributed by atoms with Crippen LogP contribution in [-0.4, -0.2) is 4.92 Å². The van der Waals surface area contributed by atoms with E-state index in [4.69, 9.17) is 5.26 Å². The van der Waals surface area contributed by atoms with Crippen molar-refractivity contribution in [1.29, 1.82) is 5.26 Å². The molecule has 0 bridgehead atoms. The number of rotatable bonds is 3. The lowest BCUT2D eigenvalue weighted by Crippen LogP contribution is -1.98. The molecule has 0 aliphatic heterocycles. The Morgan fingerprint density at radius 1 is 1.24 bits per heavy atom. The lowest BCUT2D eigenvalue weighted by Gasteiger charge is -2.13. The summed E-state index contributed by atoms with van der Waals surface area (Å²) in [6.45, 7) is 3.94. The normalized spacial score (nSPS) is 10.0. The van der Waals surface area contributed by atoms with E-state index in [-0.39, 0.29) is 11.3 Å². The van der Waals surface area contributed by atoms with Crippen LogP contribution in [0.4, 0.5) is 17.1 Å². The summed E-state index contributed by atoms with van der Waals surface area (Å²) in [6.07, 6.45) is 0. The zero-order valence-corrected chi connectivity index (χ0v) is 13.1. The van der Waals surface area contributed by atoms with Gasteiger partial charge in [0.1, 0.15) is 11.6 Å². The summed E-state index contributed by atoms with van der Waals surface area (Å²) in [5, 5.41) is 23.1. The van der Waals surface area contributed by atoms with Gasteiger partial charge in [0.25, 0.3) is 5.69 Å². The van der Waals surface area contributed by atoms with Gasteiger partial charge in [-0.25, -0.2) is 0 Å². The number of hydrogen-bond donors (Lipinski definition) is 1. The van der Waals surface area contributed by atoms with Gasteiger partial charge in [-0.05, 0) is 49.2 Å². The first-order chi connectivity index (χ1) is 9.92. The molecule has 2 rings (SSSR count). The molecule has 6 heteroatoms. The minimum atomic E-state index is -0.557. The maximum absolute atomic E-state index is 10.8. The van der Waals surface area contributed by atoms with Gasteiger partial charge in [-0.2, -0.15) is 5.26 Å². The van der Waals surface area contributed by atoms with Crippen LogP contribution in [0.2, 0.25) is 0 Å². The number of nitriles is 1. The van der Waals surface area contributed by atoms with Gasteiger partial charge in [-0.1, -0.05) is 15.9 Å². The summed E-state index contributed by atoms with van der Waals surface area (Å²) in [5.41, 5.74) is 3.50. The third-order valence-corrected chi connectivity index (χ3v) is 3.54. The topological polar surface area (TPSA) is 79.0 Å². The van der Waals surface area contributed by atoms with Gasteiger partial charge in [-0.3, -0.25) is 10.1 Å². The number of anilines is 2. The predicted octanol–water partition coefficient (Wildman–Crippen LogP) is 4.59. The highest BCUT2D eigenvalue weighted by molar-refractivity contribution is 9.10. The molecule has 106 valence electrons. The van der Waals surface area contributed by atoms with Crippen molar-refractivity contribution >= 4 is 33.0 Å². The van der Waals surface area contributed by atoms with Gasteiger partial charge in [0.15, 0.2) is 0 Å². The van der Waals surface area contributed by atoms with Crippen LogP contribution >= 0.6 is 15.9 Å². The van der Waals surface area contributed by atoms with Gasteiger partial charge in [0.05, 0.1) is 4.92 Å². The van der Waals surface area contributed by atoms with E-state index in [1.54, 1.807) is 6.07 Å². The second-order valence-corrected chi connectivity index (χ2v) is 5.56. The molecule has 2 aromatic carbocycles. The van der Waals surface area contributed by atoms with E-state index >= 15 is 0 Å². The van der Waals surface area contributed by atoms with E-state index in [1.807, 2.05) is 32.0 Å². The van der Waals surface area contributed by atoms with Crippen LogP contribution in [0.1, 0.15) is 16.7 Å². The zero-order valence-electron chi connectivity index (χ0n) is 11.5. The quantitative estimate of drug-likeness (QED) is 0.651. The smallest absolute Gasteiger partial charge is 0.287 e. The third kappa shape index (κ3) is 3.20. The molecule has 0 aliphatic carbocycles. The van der Waals surface area contributed by atoms with Crippen molar-refractivity contribution < 1.29 is 4.92 Å². The third-order valence-electron chi connectivity index (χ3n) is 3.08. The lowest BCUT2D eigenvalue weighted by molar-refractivity contribution is -0.385. The predicted molar refractivity (Wildman–Crippen MR) is 84.7 cm³/mol. The number of nitro groups is 1. The zero-order chi connectivity index (χ0) is 15.6. The average molecular weight is 346 g/mol. The second-order valence-electron chi connectivity index (χ2n) is 4.64. The number of halogens is 1. The molecule has 0 saturated carbocycles.